The minimum atomic E-state index is 0.478. The van der Waals surface area contributed by atoms with Gasteiger partial charge in [0.2, 0.25) is 6.08 Å². The second-order valence-corrected chi connectivity index (χ2v) is 3.49. The summed E-state index contributed by atoms with van der Waals surface area (Å²) < 4.78 is 0. The highest BCUT2D eigenvalue weighted by Gasteiger charge is 2.03. The molecule has 4 heteroatoms. The van der Waals surface area contributed by atoms with Gasteiger partial charge < -0.3 is 0 Å². The van der Waals surface area contributed by atoms with Gasteiger partial charge in [-0.25, -0.2) is 4.79 Å². The molecule has 0 unspecified atom stereocenters. The summed E-state index contributed by atoms with van der Waals surface area (Å²) in [6.45, 7) is 0. The third-order valence-corrected chi connectivity index (χ3v) is 2.40. The Morgan fingerprint density at radius 1 is 1.19 bits per heavy atom. The molecule has 0 aliphatic heterocycles. The summed E-state index contributed by atoms with van der Waals surface area (Å²) >= 11 is 6.03. The summed E-state index contributed by atoms with van der Waals surface area (Å²) in [5.41, 5.74) is 2.08. The number of hydrogen-bond acceptors (Lipinski definition) is 3. The highest BCUT2D eigenvalue weighted by molar-refractivity contribution is 6.33. The molecule has 78 valence electrons. The third kappa shape index (κ3) is 2.16. The van der Waals surface area contributed by atoms with E-state index in [1.165, 1.54) is 12.3 Å². The van der Waals surface area contributed by atoms with E-state index in [2.05, 4.69) is 9.98 Å². The fraction of sp³-hybridized carbons (Fsp3) is 0. The monoisotopic (exact) mass is 230 g/mol. The van der Waals surface area contributed by atoms with Crippen LogP contribution >= 0.6 is 11.6 Å². The van der Waals surface area contributed by atoms with Crippen molar-refractivity contribution in [1.29, 1.82) is 0 Å². The van der Waals surface area contributed by atoms with E-state index in [0.29, 0.717) is 10.7 Å². The maximum absolute atomic E-state index is 10.0. The van der Waals surface area contributed by atoms with Gasteiger partial charge in [-0.2, -0.15) is 4.99 Å². The average Bonchev–Trinajstić information content (AvgIpc) is 2.31. The van der Waals surface area contributed by atoms with E-state index in [9.17, 15) is 4.79 Å². The van der Waals surface area contributed by atoms with E-state index in [-0.39, 0.29) is 0 Å². The minimum Gasteiger partial charge on any atom is -0.254 e. The lowest BCUT2D eigenvalue weighted by Crippen LogP contribution is -1.83. The Kier molecular flexibility index (Phi) is 3.10. The number of carbonyl (C=O) groups excluding carboxylic acids is 1. The van der Waals surface area contributed by atoms with Crippen LogP contribution in [0.4, 0.5) is 5.69 Å². The fourth-order valence-electron chi connectivity index (χ4n) is 1.33. The van der Waals surface area contributed by atoms with Crippen LogP contribution in [-0.4, -0.2) is 11.1 Å². The average molecular weight is 231 g/mol. The van der Waals surface area contributed by atoms with Crippen LogP contribution in [-0.2, 0) is 4.79 Å². The first kappa shape index (κ1) is 10.6. The molecule has 0 radical (unpaired) electrons. The summed E-state index contributed by atoms with van der Waals surface area (Å²) in [4.78, 5) is 17.7. The zero-order valence-corrected chi connectivity index (χ0v) is 8.98. The maximum atomic E-state index is 10.0. The molecule has 0 aliphatic rings. The lowest BCUT2D eigenvalue weighted by molar-refractivity contribution is 0.565. The maximum Gasteiger partial charge on any atom is 0.240 e. The standard InChI is InChI=1S/C12H7ClN2O/c13-11-4-2-1-3-10(11)12-6-5-9(7-14-12)15-8-16/h1-7H. The van der Waals surface area contributed by atoms with Crippen LogP contribution < -0.4 is 0 Å². The highest BCUT2D eigenvalue weighted by Crippen LogP contribution is 2.26. The lowest BCUT2D eigenvalue weighted by Gasteiger charge is -2.02. The summed E-state index contributed by atoms with van der Waals surface area (Å²) in [5.74, 6) is 0. The van der Waals surface area contributed by atoms with Crippen molar-refractivity contribution in [3.05, 3.63) is 47.6 Å². The number of aromatic nitrogens is 1. The smallest absolute Gasteiger partial charge is 0.240 e. The van der Waals surface area contributed by atoms with Crippen LogP contribution in [0.15, 0.2) is 47.6 Å². The zero-order valence-electron chi connectivity index (χ0n) is 8.22. The van der Waals surface area contributed by atoms with Crippen molar-refractivity contribution in [2.45, 2.75) is 0 Å². The number of rotatable bonds is 2. The molecule has 0 saturated carbocycles. The van der Waals surface area contributed by atoms with E-state index in [1.54, 1.807) is 18.2 Å². The Morgan fingerprint density at radius 3 is 2.62 bits per heavy atom. The summed E-state index contributed by atoms with van der Waals surface area (Å²) in [5, 5.41) is 0.640. The van der Waals surface area contributed by atoms with Crippen molar-refractivity contribution < 1.29 is 4.79 Å². The molecule has 1 heterocycles. The van der Waals surface area contributed by atoms with Gasteiger partial charge in [0.25, 0.3) is 0 Å². The van der Waals surface area contributed by atoms with E-state index in [4.69, 9.17) is 11.6 Å². The first-order chi connectivity index (χ1) is 7.81. The number of nitrogens with zero attached hydrogens (tertiary/aromatic N) is 2. The molecule has 0 aliphatic carbocycles. The first-order valence-electron chi connectivity index (χ1n) is 4.60. The second-order valence-electron chi connectivity index (χ2n) is 3.08. The minimum absolute atomic E-state index is 0.478. The van der Waals surface area contributed by atoms with Gasteiger partial charge in [0.15, 0.2) is 0 Å². The van der Waals surface area contributed by atoms with Crippen LogP contribution in [0.25, 0.3) is 11.3 Å². The van der Waals surface area contributed by atoms with E-state index < -0.39 is 0 Å². The van der Waals surface area contributed by atoms with Gasteiger partial charge in [0, 0.05) is 10.6 Å². The van der Waals surface area contributed by atoms with Crippen molar-refractivity contribution >= 4 is 23.4 Å². The number of hydrogen-bond donors (Lipinski definition) is 0. The summed E-state index contributed by atoms with van der Waals surface area (Å²) in [6.07, 6.45) is 2.97. The molecule has 1 aromatic heterocycles. The molecular weight excluding hydrogens is 224 g/mol. The van der Waals surface area contributed by atoms with E-state index >= 15 is 0 Å². The Bertz CT molecular complexity index is 545. The van der Waals surface area contributed by atoms with Gasteiger partial charge in [-0.3, -0.25) is 4.98 Å². The summed E-state index contributed by atoms with van der Waals surface area (Å²) in [7, 11) is 0. The van der Waals surface area contributed by atoms with Crippen LogP contribution in [0, 0.1) is 0 Å². The number of isocyanates is 1. The van der Waals surface area contributed by atoms with Gasteiger partial charge >= 0.3 is 0 Å². The van der Waals surface area contributed by atoms with Crippen LogP contribution in [0.2, 0.25) is 5.02 Å². The first-order valence-corrected chi connectivity index (χ1v) is 4.98. The Hall–Kier alpha value is -1.96. The van der Waals surface area contributed by atoms with Gasteiger partial charge in [0.05, 0.1) is 17.6 Å². The Labute approximate surface area is 97.4 Å². The topological polar surface area (TPSA) is 42.3 Å². The van der Waals surface area contributed by atoms with E-state index in [0.717, 1.165) is 11.3 Å². The van der Waals surface area contributed by atoms with Crippen molar-refractivity contribution in [3.8, 4) is 11.3 Å². The van der Waals surface area contributed by atoms with Gasteiger partial charge in [0.1, 0.15) is 0 Å². The molecule has 0 N–H and O–H groups in total. The number of aliphatic imine (C=N–C) groups is 1. The lowest BCUT2D eigenvalue weighted by atomic mass is 10.1. The number of halogens is 1. The molecule has 0 bridgehead atoms. The van der Waals surface area contributed by atoms with Gasteiger partial charge in [-0.05, 0) is 18.2 Å². The number of benzene rings is 1. The highest BCUT2D eigenvalue weighted by atomic mass is 35.5. The van der Waals surface area contributed by atoms with Crippen LogP contribution in [0.3, 0.4) is 0 Å². The predicted octanol–water partition coefficient (Wildman–Crippen LogP) is 3.37. The van der Waals surface area contributed by atoms with Crippen LogP contribution in [0.1, 0.15) is 0 Å². The fourth-order valence-corrected chi connectivity index (χ4v) is 1.57. The largest absolute Gasteiger partial charge is 0.254 e. The molecule has 1 aromatic carbocycles. The SMILES string of the molecule is O=C=Nc1ccc(-c2ccccc2Cl)nc1. The molecular formula is C12H7ClN2O. The predicted molar refractivity (Wildman–Crippen MR) is 62.5 cm³/mol. The summed E-state index contributed by atoms with van der Waals surface area (Å²) in [6, 6.07) is 10.9. The quantitative estimate of drug-likeness (QED) is 0.586. The second kappa shape index (κ2) is 4.71. The van der Waals surface area contributed by atoms with E-state index in [1.807, 2.05) is 18.2 Å². The van der Waals surface area contributed by atoms with Crippen molar-refractivity contribution in [2.24, 2.45) is 4.99 Å². The van der Waals surface area contributed by atoms with Crippen molar-refractivity contribution in [3.63, 3.8) is 0 Å². The Balaban J connectivity index is 2.42. The van der Waals surface area contributed by atoms with Crippen molar-refractivity contribution in [1.82, 2.24) is 4.98 Å². The Morgan fingerprint density at radius 2 is 2.00 bits per heavy atom. The van der Waals surface area contributed by atoms with Crippen LogP contribution in [0.5, 0.6) is 0 Å². The van der Waals surface area contributed by atoms with Gasteiger partial charge in [-0.1, -0.05) is 29.8 Å². The molecule has 0 fully saturated rings. The molecule has 16 heavy (non-hydrogen) atoms. The zero-order chi connectivity index (χ0) is 11.4. The normalized spacial score (nSPS) is 9.56. The molecule has 0 amide bonds. The molecule has 2 rings (SSSR count). The van der Waals surface area contributed by atoms with Crippen molar-refractivity contribution in [2.75, 3.05) is 0 Å². The number of pyridine rings is 1. The molecule has 0 atom stereocenters. The molecule has 2 aromatic rings. The molecule has 3 nitrogen and oxygen atoms in total. The van der Waals surface area contributed by atoms with Gasteiger partial charge in [-0.15, -0.1) is 0 Å². The molecule has 0 spiro atoms. The third-order valence-electron chi connectivity index (χ3n) is 2.07. The molecule has 0 saturated heterocycles.